The molecular formula is C20H24N2O2S2. The molecule has 2 rings (SSSR count). The molecule has 6 heteroatoms. The zero-order valence-electron chi connectivity index (χ0n) is 16.0. The second-order valence-electron chi connectivity index (χ2n) is 6.42. The van der Waals surface area contributed by atoms with Crippen LogP contribution in [0.25, 0.3) is 11.1 Å². The van der Waals surface area contributed by atoms with Gasteiger partial charge in [0, 0.05) is 39.3 Å². The number of ether oxygens (including phenoxy) is 2. The molecule has 0 amide bonds. The summed E-state index contributed by atoms with van der Waals surface area (Å²) in [5.41, 5.74) is 4.04. The third kappa shape index (κ3) is 4.51. The lowest BCUT2D eigenvalue weighted by molar-refractivity contribution is 0.446. The minimum atomic E-state index is 0.400. The van der Waals surface area contributed by atoms with Crippen molar-refractivity contribution in [2.45, 2.75) is 13.8 Å². The van der Waals surface area contributed by atoms with Crippen molar-refractivity contribution < 1.29 is 9.47 Å². The molecular weight excluding hydrogens is 364 g/mol. The molecule has 0 saturated carbocycles. The summed E-state index contributed by atoms with van der Waals surface area (Å²) in [6, 6.07) is 11.8. The molecule has 26 heavy (non-hydrogen) atoms. The number of hydrogen-bond donors (Lipinski definition) is 0. The first-order valence-corrected chi connectivity index (χ1v) is 9.02. The predicted octanol–water partition coefficient (Wildman–Crippen LogP) is 4.42. The Hall–Kier alpha value is -2.18. The highest BCUT2D eigenvalue weighted by Crippen LogP contribution is 2.41. The number of hydrogen-bond acceptors (Lipinski definition) is 4. The van der Waals surface area contributed by atoms with Gasteiger partial charge in [-0.1, -0.05) is 24.3 Å². The second-order valence-corrected chi connectivity index (χ2v) is 7.12. The van der Waals surface area contributed by atoms with E-state index in [0.29, 0.717) is 21.8 Å². The minimum absolute atomic E-state index is 0.400. The summed E-state index contributed by atoms with van der Waals surface area (Å²) in [7, 11) is 7.43. The summed E-state index contributed by atoms with van der Waals surface area (Å²) in [5, 5.41) is 0.799. The molecule has 138 valence electrons. The van der Waals surface area contributed by atoms with Gasteiger partial charge in [0.25, 0.3) is 10.3 Å². The number of aryl methyl sites for hydroxylation is 2. The Bertz CT molecular complexity index is 763. The first-order valence-electron chi connectivity index (χ1n) is 8.20. The molecule has 2 aromatic carbocycles. The van der Waals surface area contributed by atoms with Crippen molar-refractivity contribution in [3.8, 4) is 22.6 Å². The molecule has 0 aliphatic carbocycles. The average Bonchev–Trinajstić information content (AvgIpc) is 2.56. The van der Waals surface area contributed by atoms with Gasteiger partial charge in [-0.05, 0) is 61.5 Å². The molecule has 0 atom stereocenters. The van der Waals surface area contributed by atoms with Crippen LogP contribution in [0.5, 0.6) is 11.5 Å². The van der Waals surface area contributed by atoms with Gasteiger partial charge in [0.1, 0.15) is 11.5 Å². The van der Waals surface area contributed by atoms with Gasteiger partial charge < -0.3 is 19.3 Å². The van der Waals surface area contributed by atoms with Crippen LogP contribution in [-0.2, 0) is 0 Å². The van der Waals surface area contributed by atoms with Crippen molar-refractivity contribution in [3.05, 3.63) is 47.5 Å². The van der Waals surface area contributed by atoms with Crippen molar-refractivity contribution in [3.63, 3.8) is 0 Å². The average molecular weight is 389 g/mol. The standard InChI is InChI=1S/C20H24N2O2S2/c1-13-9-7-11-15(23-19(25)21(3)4)17(13)18-14(2)10-8-12-16(18)24-20(26)22(5)6/h7-12H,1-6H3. The van der Waals surface area contributed by atoms with Crippen LogP contribution < -0.4 is 9.47 Å². The second kappa shape index (κ2) is 8.47. The lowest BCUT2D eigenvalue weighted by atomic mass is 9.95. The summed E-state index contributed by atoms with van der Waals surface area (Å²) in [4.78, 5) is 3.52. The van der Waals surface area contributed by atoms with Gasteiger partial charge in [-0.15, -0.1) is 0 Å². The number of rotatable bonds is 3. The van der Waals surface area contributed by atoms with E-state index >= 15 is 0 Å². The van der Waals surface area contributed by atoms with Crippen LogP contribution in [0.4, 0.5) is 0 Å². The minimum Gasteiger partial charge on any atom is -0.431 e. The van der Waals surface area contributed by atoms with Crippen molar-refractivity contribution in [2.24, 2.45) is 0 Å². The molecule has 0 saturated heterocycles. The van der Waals surface area contributed by atoms with E-state index in [2.05, 4.69) is 0 Å². The van der Waals surface area contributed by atoms with Gasteiger partial charge in [-0.3, -0.25) is 0 Å². The Labute approximate surface area is 166 Å². The number of benzene rings is 2. The smallest absolute Gasteiger partial charge is 0.264 e. The SMILES string of the molecule is Cc1cccc(OC(=S)N(C)C)c1-c1c(C)cccc1OC(=S)N(C)C. The van der Waals surface area contributed by atoms with E-state index in [0.717, 1.165) is 22.3 Å². The highest BCUT2D eigenvalue weighted by atomic mass is 32.1. The van der Waals surface area contributed by atoms with E-state index in [-0.39, 0.29) is 0 Å². The van der Waals surface area contributed by atoms with E-state index in [9.17, 15) is 0 Å². The van der Waals surface area contributed by atoms with Crippen LogP contribution in [0.3, 0.4) is 0 Å². The molecule has 0 aromatic heterocycles. The van der Waals surface area contributed by atoms with E-state index < -0.39 is 0 Å². The van der Waals surface area contributed by atoms with Crippen molar-refractivity contribution in [1.82, 2.24) is 9.80 Å². The van der Waals surface area contributed by atoms with Crippen molar-refractivity contribution in [1.29, 1.82) is 0 Å². The monoisotopic (exact) mass is 388 g/mol. The Balaban J connectivity index is 2.61. The number of nitrogens with zero attached hydrogens (tertiary/aromatic N) is 2. The van der Waals surface area contributed by atoms with Crippen LogP contribution in [0.1, 0.15) is 11.1 Å². The summed E-state index contributed by atoms with van der Waals surface area (Å²) >= 11 is 10.7. The van der Waals surface area contributed by atoms with E-state index in [4.69, 9.17) is 33.9 Å². The fraction of sp³-hybridized carbons (Fsp3) is 0.300. The molecule has 4 nitrogen and oxygen atoms in total. The zero-order valence-corrected chi connectivity index (χ0v) is 17.6. The molecule has 0 fully saturated rings. The Morgan fingerprint density at radius 3 is 1.35 bits per heavy atom. The lowest BCUT2D eigenvalue weighted by Crippen LogP contribution is -2.26. The van der Waals surface area contributed by atoms with Gasteiger partial charge in [-0.25, -0.2) is 0 Å². The zero-order chi connectivity index (χ0) is 19.4. The lowest BCUT2D eigenvalue weighted by Gasteiger charge is -2.22. The molecule has 0 N–H and O–H groups in total. The molecule has 0 unspecified atom stereocenters. The molecule has 0 radical (unpaired) electrons. The molecule has 0 heterocycles. The fourth-order valence-corrected chi connectivity index (χ4v) is 2.64. The highest BCUT2D eigenvalue weighted by Gasteiger charge is 2.19. The topological polar surface area (TPSA) is 24.9 Å². The van der Waals surface area contributed by atoms with Gasteiger partial charge in [0.15, 0.2) is 0 Å². The maximum absolute atomic E-state index is 5.96. The molecule has 0 aliphatic rings. The summed E-state index contributed by atoms with van der Waals surface area (Å²) in [5.74, 6) is 1.39. The van der Waals surface area contributed by atoms with E-state index in [1.54, 1.807) is 9.80 Å². The quantitative estimate of drug-likeness (QED) is 0.722. The normalized spacial score (nSPS) is 10.2. The van der Waals surface area contributed by atoms with Gasteiger partial charge in [-0.2, -0.15) is 0 Å². The molecule has 0 spiro atoms. The Morgan fingerprint density at radius 1 is 0.692 bits per heavy atom. The van der Waals surface area contributed by atoms with Crippen LogP contribution in [-0.4, -0.2) is 48.3 Å². The first kappa shape index (κ1) is 20.1. The Morgan fingerprint density at radius 2 is 1.04 bits per heavy atom. The first-order chi connectivity index (χ1) is 12.2. The summed E-state index contributed by atoms with van der Waals surface area (Å²) in [6.45, 7) is 4.09. The molecule has 2 aromatic rings. The van der Waals surface area contributed by atoms with Crippen LogP contribution in [0, 0.1) is 13.8 Å². The predicted molar refractivity (Wildman–Crippen MR) is 115 cm³/mol. The molecule has 0 aliphatic heterocycles. The summed E-state index contributed by atoms with van der Waals surface area (Å²) in [6.07, 6.45) is 0. The third-order valence-electron chi connectivity index (χ3n) is 3.84. The number of thiocarbonyl (C=S) groups is 2. The van der Waals surface area contributed by atoms with E-state index in [1.807, 2.05) is 78.4 Å². The van der Waals surface area contributed by atoms with Crippen LogP contribution in [0.2, 0.25) is 0 Å². The Kier molecular flexibility index (Phi) is 6.56. The van der Waals surface area contributed by atoms with Gasteiger partial charge >= 0.3 is 0 Å². The fourth-order valence-electron chi connectivity index (χ4n) is 2.46. The molecule has 0 bridgehead atoms. The third-order valence-corrected chi connectivity index (χ3v) is 4.74. The highest BCUT2D eigenvalue weighted by molar-refractivity contribution is 7.80. The maximum Gasteiger partial charge on any atom is 0.264 e. The maximum atomic E-state index is 5.96. The van der Waals surface area contributed by atoms with Crippen molar-refractivity contribution >= 4 is 34.8 Å². The van der Waals surface area contributed by atoms with Crippen LogP contribution in [0.15, 0.2) is 36.4 Å². The van der Waals surface area contributed by atoms with E-state index in [1.165, 1.54) is 0 Å². The van der Waals surface area contributed by atoms with Gasteiger partial charge in [0.05, 0.1) is 0 Å². The van der Waals surface area contributed by atoms with Gasteiger partial charge in [0.2, 0.25) is 0 Å². The largest absolute Gasteiger partial charge is 0.431 e. The van der Waals surface area contributed by atoms with Crippen LogP contribution >= 0.6 is 24.4 Å². The summed E-state index contributed by atoms with van der Waals surface area (Å²) < 4.78 is 11.9. The van der Waals surface area contributed by atoms with Crippen molar-refractivity contribution in [2.75, 3.05) is 28.2 Å².